The summed E-state index contributed by atoms with van der Waals surface area (Å²) in [6.45, 7) is 2.60. The minimum absolute atomic E-state index is 0.180. The van der Waals surface area contributed by atoms with E-state index in [-0.39, 0.29) is 6.61 Å². The molecular formula is C11H17NOS. The molecule has 1 atom stereocenters. The molecule has 0 aromatic carbocycles. The van der Waals surface area contributed by atoms with Crippen LogP contribution in [0, 0.1) is 0 Å². The fraction of sp³-hybridized carbons (Fsp3) is 0.636. The molecule has 2 aliphatic rings. The first kappa shape index (κ1) is 10.3. The number of aliphatic hydroxyl groups is 1. The van der Waals surface area contributed by atoms with Crippen molar-refractivity contribution < 1.29 is 5.11 Å². The summed E-state index contributed by atoms with van der Waals surface area (Å²) in [5.41, 5.74) is 1.06. The minimum Gasteiger partial charge on any atom is -0.392 e. The monoisotopic (exact) mass is 211 g/mol. The van der Waals surface area contributed by atoms with Crippen molar-refractivity contribution >= 4 is 11.8 Å². The molecule has 2 nitrogen and oxygen atoms in total. The van der Waals surface area contributed by atoms with Crippen LogP contribution in [-0.2, 0) is 0 Å². The highest BCUT2D eigenvalue weighted by Gasteiger charge is 2.19. The van der Waals surface area contributed by atoms with Crippen molar-refractivity contribution in [2.24, 2.45) is 0 Å². The average Bonchev–Trinajstić information content (AvgIpc) is 2.30. The molecule has 1 aliphatic carbocycles. The first-order valence-corrected chi connectivity index (χ1v) is 6.35. The Morgan fingerprint density at radius 3 is 2.79 bits per heavy atom. The lowest BCUT2D eigenvalue weighted by molar-refractivity contribution is 0.251. The Kier molecular flexibility index (Phi) is 3.67. The number of rotatable bonds is 2. The fourth-order valence-electron chi connectivity index (χ4n) is 1.95. The molecule has 0 aromatic heterocycles. The van der Waals surface area contributed by atoms with E-state index in [0.717, 1.165) is 12.0 Å². The summed E-state index contributed by atoms with van der Waals surface area (Å²) in [4.78, 5) is 2.54. The van der Waals surface area contributed by atoms with E-state index < -0.39 is 0 Å². The predicted molar refractivity (Wildman–Crippen MR) is 61.6 cm³/mol. The second-order valence-electron chi connectivity index (χ2n) is 3.75. The van der Waals surface area contributed by atoms with Crippen molar-refractivity contribution in [3.8, 4) is 0 Å². The summed E-state index contributed by atoms with van der Waals surface area (Å²) >= 11 is 2.05. The van der Waals surface area contributed by atoms with E-state index >= 15 is 0 Å². The van der Waals surface area contributed by atoms with Gasteiger partial charge in [-0.05, 0) is 12.0 Å². The zero-order valence-electron chi connectivity index (χ0n) is 8.35. The van der Waals surface area contributed by atoms with Gasteiger partial charge in [0.15, 0.2) is 0 Å². The van der Waals surface area contributed by atoms with Crippen molar-refractivity contribution in [1.82, 2.24) is 4.90 Å². The summed E-state index contributed by atoms with van der Waals surface area (Å²) in [6, 6.07) is 0.575. The quantitative estimate of drug-likeness (QED) is 0.744. The van der Waals surface area contributed by atoms with Gasteiger partial charge < -0.3 is 5.11 Å². The molecule has 0 aromatic rings. The van der Waals surface area contributed by atoms with E-state index in [1.165, 1.54) is 24.6 Å². The van der Waals surface area contributed by atoms with E-state index in [4.69, 9.17) is 5.11 Å². The maximum absolute atomic E-state index is 8.95. The number of hydrogen-bond donors (Lipinski definition) is 1. The van der Waals surface area contributed by atoms with E-state index in [9.17, 15) is 0 Å². The van der Waals surface area contributed by atoms with Crippen LogP contribution in [0.25, 0.3) is 0 Å². The van der Waals surface area contributed by atoms with Crippen LogP contribution >= 0.6 is 11.8 Å². The molecule has 1 fully saturated rings. The van der Waals surface area contributed by atoms with Crippen LogP contribution in [-0.4, -0.2) is 47.3 Å². The van der Waals surface area contributed by atoms with Gasteiger partial charge in [-0.25, -0.2) is 0 Å². The van der Waals surface area contributed by atoms with Crippen molar-refractivity contribution in [2.45, 2.75) is 12.5 Å². The summed E-state index contributed by atoms with van der Waals surface area (Å²) in [5, 5.41) is 8.95. The van der Waals surface area contributed by atoms with Gasteiger partial charge in [-0.2, -0.15) is 11.8 Å². The SMILES string of the molecule is OCC1=CC[C@@H](N2CCSCC2)C=C1. The average molecular weight is 211 g/mol. The zero-order chi connectivity index (χ0) is 9.80. The van der Waals surface area contributed by atoms with E-state index in [2.05, 4.69) is 23.1 Å². The second-order valence-corrected chi connectivity index (χ2v) is 4.97. The van der Waals surface area contributed by atoms with Crippen molar-refractivity contribution in [3.63, 3.8) is 0 Å². The molecular weight excluding hydrogens is 194 g/mol. The summed E-state index contributed by atoms with van der Waals surface area (Å²) in [6.07, 6.45) is 7.53. The maximum atomic E-state index is 8.95. The van der Waals surface area contributed by atoms with Gasteiger partial charge in [0.05, 0.1) is 6.61 Å². The smallest absolute Gasteiger partial charge is 0.0678 e. The summed E-state index contributed by atoms with van der Waals surface area (Å²) in [7, 11) is 0. The second kappa shape index (κ2) is 5.01. The Balaban J connectivity index is 1.89. The molecule has 1 N–H and O–H groups in total. The highest BCUT2D eigenvalue weighted by molar-refractivity contribution is 7.99. The molecule has 78 valence electrons. The fourth-order valence-corrected chi connectivity index (χ4v) is 2.88. The van der Waals surface area contributed by atoms with Crippen LogP contribution in [0.5, 0.6) is 0 Å². The number of nitrogens with zero attached hydrogens (tertiary/aromatic N) is 1. The lowest BCUT2D eigenvalue weighted by atomic mass is 10.0. The Labute approximate surface area is 89.7 Å². The van der Waals surface area contributed by atoms with Gasteiger partial charge in [-0.1, -0.05) is 18.2 Å². The van der Waals surface area contributed by atoms with Gasteiger partial charge in [-0.3, -0.25) is 4.90 Å². The van der Waals surface area contributed by atoms with Crippen LogP contribution in [0.2, 0.25) is 0 Å². The Hall–Kier alpha value is -0.250. The number of thioether (sulfide) groups is 1. The minimum atomic E-state index is 0.180. The molecule has 3 heteroatoms. The topological polar surface area (TPSA) is 23.5 Å². The van der Waals surface area contributed by atoms with Gasteiger partial charge in [0.2, 0.25) is 0 Å². The van der Waals surface area contributed by atoms with Crippen LogP contribution < -0.4 is 0 Å². The standard InChI is InChI=1S/C11H17NOS/c13-9-10-1-3-11(4-2-10)12-5-7-14-8-6-12/h1-3,11,13H,4-9H2/t11-/m0/s1. The lowest BCUT2D eigenvalue weighted by Crippen LogP contribution is -2.40. The Morgan fingerprint density at radius 2 is 2.21 bits per heavy atom. The van der Waals surface area contributed by atoms with Crippen LogP contribution in [0.15, 0.2) is 23.8 Å². The van der Waals surface area contributed by atoms with Crippen LogP contribution in [0.4, 0.5) is 0 Å². The number of hydrogen-bond acceptors (Lipinski definition) is 3. The van der Waals surface area contributed by atoms with Gasteiger partial charge in [0, 0.05) is 30.6 Å². The van der Waals surface area contributed by atoms with E-state index in [1.807, 2.05) is 11.8 Å². The molecule has 0 amide bonds. The molecule has 0 bridgehead atoms. The molecule has 2 rings (SSSR count). The summed E-state index contributed by atoms with van der Waals surface area (Å²) < 4.78 is 0. The van der Waals surface area contributed by atoms with E-state index in [0.29, 0.717) is 6.04 Å². The maximum Gasteiger partial charge on any atom is 0.0678 e. The van der Waals surface area contributed by atoms with Crippen LogP contribution in [0.1, 0.15) is 6.42 Å². The van der Waals surface area contributed by atoms with Gasteiger partial charge >= 0.3 is 0 Å². The normalized spacial score (nSPS) is 28.9. The third-order valence-corrected chi connectivity index (χ3v) is 3.79. The Morgan fingerprint density at radius 1 is 1.43 bits per heavy atom. The Bertz CT molecular complexity index is 244. The summed E-state index contributed by atoms with van der Waals surface area (Å²) in [5.74, 6) is 2.53. The van der Waals surface area contributed by atoms with Crippen LogP contribution in [0.3, 0.4) is 0 Å². The molecule has 1 aliphatic heterocycles. The van der Waals surface area contributed by atoms with E-state index in [1.54, 1.807) is 0 Å². The highest BCUT2D eigenvalue weighted by atomic mass is 32.2. The van der Waals surface area contributed by atoms with Gasteiger partial charge in [0.25, 0.3) is 0 Å². The number of aliphatic hydroxyl groups excluding tert-OH is 1. The highest BCUT2D eigenvalue weighted by Crippen LogP contribution is 2.19. The predicted octanol–water partition coefficient (Wildman–Crippen LogP) is 1.28. The van der Waals surface area contributed by atoms with Gasteiger partial charge in [-0.15, -0.1) is 0 Å². The largest absolute Gasteiger partial charge is 0.392 e. The third-order valence-electron chi connectivity index (χ3n) is 2.85. The molecule has 0 radical (unpaired) electrons. The first-order chi connectivity index (χ1) is 6.90. The molecule has 0 spiro atoms. The molecule has 14 heavy (non-hydrogen) atoms. The molecule has 0 unspecified atom stereocenters. The zero-order valence-corrected chi connectivity index (χ0v) is 9.17. The lowest BCUT2D eigenvalue weighted by Gasteiger charge is -2.33. The van der Waals surface area contributed by atoms with Crippen molar-refractivity contribution in [1.29, 1.82) is 0 Å². The van der Waals surface area contributed by atoms with Crippen molar-refractivity contribution in [3.05, 3.63) is 23.8 Å². The van der Waals surface area contributed by atoms with Gasteiger partial charge in [0.1, 0.15) is 0 Å². The molecule has 0 saturated carbocycles. The first-order valence-electron chi connectivity index (χ1n) is 5.20. The molecule has 1 heterocycles. The third kappa shape index (κ3) is 2.41. The van der Waals surface area contributed by atoms with Crippen molar-refractivity contribution in [2.75, 3.05) is 31.2 Å². The molecule has 1 saturated heterocycles.